The molecule has 4 nitrogen and oxygen atoms in total. The van der Waals surface area contributed by atoms with Gasteiger partial charge in [-0.25, -0.2) is 9.78 Å². The van der Waals surface area contributed by atoms with E-state index >= 15 is 0 Å². The fourth-order valence-corrected chi connectivity index (χ4v) is 3.61. The molecule has 3 aromatic rings. The molecule has 1 aromatic heterocycles. The molecule has 130 valence electrons. The van der Waals surface area contributed by atoms with Gasteiger partial charge in [0.2, 0.25) is 0 Å². The maximum absolute atomic E-state index is 13.4. The first kappa shape index (κ1) is 17.3. The molecule has 1 heterocycles. The van der Waals surface area contributed by atoms with Crippen molar-refractivity contribution in [2.75, 3.05) is 0 Å². The van der Waals surface area contributed by atoms with Gasteiger partial charge in [0.1, 0.15) is 10.8 Å². The molecule has 0 unspecified atom stereocenters. The molecule has 7 heteroatoms. The van der Waals surface area contributed by atoms with Crippen molar-refractivity contribution in [1.82, 2.24) is 4.98 Å². The number of halogens is 2. The summed E-state index contributed by atoms with van der Waals surface area (Å²) < 4.78 is 32.2. The zero-order valence-corrected chi connectivity index (χ0v) is 14.6. The zero-order chi connectivity index (χ0) is 18.4. The summed E-state index contributed by atoms with van der Waals surface area (Å²) in [7, 11) is 0. The van der Waals surface area contributed by atoms with Gasteiger partial charge in [-0.1, -0.05) is 6.07 Å². The lowest BCUT2D eigenvalue weighted by Crippen LogP contribution is -2.35. The minimum Gasteiger partial charge on any atom is -0.474 e. The number of benzene rings is 2. The Bertz CT molecular complexity index is 959. The highest BCUT2D eigenvalue weighted by molar-refractivity contribution is 7.21. The number of carboxylic acids is 1. The average molecular weight is 363 g/mol. The molecule has 0 aliphatic rings. The van der Waals surface area contributed by atoms with E-state index < -0.39 is 12.1 Å². The molecule has 0 spiro atoms. The van der Waals surface area contributed by atoms with Gasteiger partial charge in [-0.15, -0.1) is 11.3 Å². The van der Waals surface area contributed by atoms with E-state index in [9.17, 15) is 13.6 Å². The second-order valence-corrected chi connectivity index (χ2v) is 6.88. The highest BCUT2D eigenvalue weighted by Gasteiger charge is 2.43. The Labute approximate surface area is 146 Å². The minimum atomic E-state index is -4.27. The fourth-order valence-electron chi connectivity index (χ4n) is 2.56. The first-order chi connectivity index (χ1) is 11.7. The van der Waals surface area contributed by atoms with E-state index in [1.807, 2.05) is 25.1 Å². The van der Waals surface area contributed by atoms with Gasteiger partial charge in [0.25, 0.3) is 0 Å². The quantitative estimate of drug-likeness (QED) is 0.713. The lowest BCUT2D eigenvalue weighted by molar-refractivity contribution is -0.211. The van der Waals surface area contributed by atoms with Crippen LogP contribution >= 0.6 is 11.3 Å². The molecule has 0 atom stereocenters. The number of hydrogen-bond acceptors (Lipinski definition) is 4. The molecule has 0 aliphatic carbocycles. The fraction of sp³-hybridized carbons (Fsp3) is 0.222. The van der Waals surface area contributed by atoms with Crippen LogP contribution in [0.1, 0.15) is 16.7 Å². The van der Waals surface area contributed by atoms with Crippen LogP contribution < -0.4 is 4.74 Å². The number of fused-ring (bicyclic) bond motifs is 1. The number of alkyl halides is 2. The van der Waals surface area contributed by atoms with Crippen molar-refractivity contribution in [2.24, 2.45) is 0 Å². The highest BCUT2D eigenvalue weighted by atomic mass is 32.1. The van der Waals surface area contributed by atoms with E-state index in [-0.39, 0.29) is 5.75 Å². The van der Waals surface area contributed by atoms with Crippen LogP contribution in [0.3, 0.4) is 0 Å². The summed E-state index contributed by atoms with van der Waals surface area (Å²) in [5, 5.41) is 9.30. The summed E-state index contributed by atoms with van der Waals surface area (Å²) in [4.78, 5) is 15.2. The van der Waals surface area contributed by atoms with E-state index in [2.05, 4.69) is 9.72 Å². The number of carboxylic acid groups (broad SMARTS) is 1. The molecule has 0 radical (unpaired) electrons. The van der Waals surface area contributed by atoms with E-state index in [4.69, 9.17) is 5.11 Å². The number of ether oxygens (including phenoxy) is 1. The summed E-state index contributed by atoms with van der Waals surface area (Å²) in [5.41, 5.74) is 3.63. The summed E-state index contributed by atoms with van der Waals surface area (Å²) >= 11 is 1.51. The van der Waals surface area contributed by atoms with E-state index in [0.29, 0.717) is 11.1 Å². The number of hydrogen-bond donors (Lipinski definition) is 1. The summed E-state index contributed by atoms with van der Waals surface area (Å²) in [6.07, 6.45) is -4.27. The van der Waals surface area contributed by atoms with E-state index in [1.165, 1.54) is 11.3 Å². The van der Waals surface area contributed by atoms with Crippen LogP contribution in [0.2, 0.25) is 0 Å². The number of aliphatic carboxylic acids is 1. The topological polar surface area (TPSA) is 59.4 Å². The number of nitrogens with zero attached hydrogens (tertiary/aromatic N) is 1. The standard InChI is InChI=1S/C18H15F2NO3S/c1-9-4-5-13-14(6-9)25-16(21-13)12-7-10(2)15(11(3)8-12)24-18(19,20)17(22)23/h4-8H,1-3H3,(H,22,23). The van der Waals surface area contributed by atoms with Gasteiger partial charge >= 0.3 is 12.1 Å². The second-order valence-electron chi connectivity index (χ2n) is 5.85. The van der Waals surface area contributed by atoms with Crippen LogP contribution in [0.15, 0.2) is 30.3 Å². The number of rotatable bonds is 4. The summed E-state index contributed by atoms with van der Waals surface area (Å²) in [6.45, 7) is 5.20. The molecule has 2 aromatic carbocycles. The van der Waals surface area contributed by atoms with Crippen LogP contribution in [0.4, 0.5) is 8.78 Å². The van der Waals surface area contributed by atoms with Crippen LogP contribution in [-0.2, 0) is 4.79 Å². The van der Waals surface area contributed by atoms with Crippen LogP contribution in [0.5, 0.6) is 5.75 Å². The van der Waals surface area contributed by atoms with E-state index in [0.717, 1.165) is 26.4 Å². The maximum atomic E-state index is 13.4. The maximum Gasteiger partial charge on any atom is 0.501 e. The van der Waals surface area contributed by atoms with Gasteiger partial charge in [0.15, 0.2) is 0 Å². The minimum absolute atomic E-state index is 0.131. The van der Waals surface area contributed by atoms with Gasteiger partial charge in [0.05, 0.1) is 10.2 Å². The predicted octanol–water partition coefficient (Wildman–Crippen LogP) is 4.94. The third kappa shape index (κ3) is 3.32. The first-order valence-electron chi connectivity index (χ1n) is 7.46. The second kappa shape index (κ2) is 6.07. The predicted molar refractivity (Wildman–Crippen MR) is 92.5 cm³/mol. The largest absolute Gasteiger partial charge is 0.501 e. The smallest absolute Gasteiger partial charge is 0.474 e. The van der Waals surface area contributed by atoms with E-state index in [1.54, 1.807) is 26.0 Å². The van der Waals surface area contributed by atoms with Crippen LogP contribution in [-0.4, -0.2) is 22.2 Å². The Morgan fingerprint density at radius 1 is 1.16 bits per heavy atom. The number of thiazole rings is 1. The zero-order valence-electron chi connectivity index (χ0n) is 13.8. The molecule has 1 N–H and O–H groups in total. The molecular weight excluding hydrogens is 348 g/mol. The Balaban J connectivity index is 2.02. The van der Waals surface area contributed by atoms with Gasteiger partial charge < -0.3 is 9.84 Å². The monoisotopic (exact) mass is 363 g/mol. The Morgan fingerprint density at radius 3 is 2.40 bits per heavy atom. The summed E-state index contributed by atoms with van der Waals surface area (Å²) in [5.74, 6) is -2.45. The average Bonchev–Trinajstić information content (AvgIpc) is 2.93. The number of aryl methyl sites for hydroxylation is 3. The molecule has 0 amide bonds. The van der Waals surface area contributed by atoms with Crippen molar-refractivity contribution in [3.05, 3.63) is 47.0 Å². The van der Waals surface area contributed by atoms with Crippen LogP contribution in [0.25, 0.3) is 20.8 Å². The third-order valence-corrected chi connectivity index (χ3v) is 4.80. The molecule has 0 saturated heterocycles. The van der Waals surface area contributed by atoms with Crippen molar-refractivity contribution in [1.29, 1.82) is 0 Å². The van der Waals surface area contributed by atoms with Crippen molar-refractivity contribution >= 4 is 27.5 Å². The first-order valence-corrected chi connectivity index (χ1v) is 8.28. The highest BCUT2D eigenvalue weighted by Crippen LogP contribution is 2.36. The lowest BCUT2D eigenvalue weighted by atomic mass is 10.1. The number of carbonyl (C=O) groups is 1. The van der Waals surface area contributed by atoms with Crippen molar-refractivity contribution in [3.8, 4) is 16.3 Å². The normalized spacial score (nSPS) is 11.7. The van der Waals surface area contributed by atoms with Crippen LogP contribution in [0, 0.1) is 20.8 Å². The van der Waals surface area contributed by atoms with Gasteiger partial charge in [-0.2, -0.15) is 8.78 Å². The van der Waals surface area contributed by atoms with Crippen molar-refractivity contribution < 1.29 is 23.4 Å². The van der Waals surface area contributed by atoms with Gasteiger partial charge in [-0.3, -0.25) is 0 Å². The molecule has 25 heavy (non-hydrogen) atoms. The Hall–Kier alpha value is -2.54. The number of aromatic nitrogens is 1. The van der Waals surface area contributed by atoms with Gasteiger partial charge in [-0.05, 0) is 61.7 Å². The Morgan fingerprint density at radius 2 is 1.80 bits per heavy atom. The molecule has 3 rings (SSSR count). The van der Waals surface area contributed by atoms with Gasteiger partial charge in [0, 0.05) is 5.56 Å². The lowest BCUT2D eigenvalue weighted by Gasteiger charge is -2.17. The Kier molecular flexibility index (Phi) is 4.20. The van der Waals surface area contributed by atoms with Crippen molar-refractivity contribution in [2.45, 2.75) is 26.9 Å². The third-order valence-electron chi connectivity index (χ3n) is 3.73. The summed E-state index contributed by atoms with van der Waals surface area (Å²) in [6, 6.07) is 9.30. The molecule has 0 bridgehead atoms. The van der Waals surface area contributed by atoms with Crippen molar-refractivity contribution in [3.63, 3.8) is 0 Å². The molecule has 0 aliphatic heterocycles. The molecule has 0 saturated carbocycles. The SMILES string of the molecule is Cc1ccc2nc(-c3cc(C)c(OC(F)(F)C(=O)O)c(C)c3)sc2c1. The molecular formula is C18H15F2NO3S. The molecule has 0 fully saturated rings.